The Bertz CT molecular complexity index is 1740. The van der Waals surface area contributed by atoms with Gasteiger partial charge in [0, 0.05) is 24.6 Å². The number of rotatable bonds is 16. The Hall–Kier alpha value is -5.29. The molecule has 0 unspecified atom stereocenters. The normalized spacial score (nSPS) is 13.7. The molecule has 13 nitrogen and oxygen atoms in total. The van der Waals surface area contributed by atoms with Crippen molar-refractivity contribution in [1.82, 2.24) is 14.9 Å². The summed E-state index contributed by atoms with van der Waals surface area (Å²) in [7, 11) is -2.50. The molecule has 2 amide bonds. The first-order valence-electron chi connectivity index (χ1n) is 15.5. The second-order valence-electron chi connectivity index (χ2n) is 11.0. The minimum Gasteiger partial charge on any atom is -0.468 e. The van der Waals surface area contributed by atoms with Crippen LogP contribution in [0.5, 0.6) is 0 Å². The second-order valence-corrected chi connectivity index (χ2v) is 12.9. The predicted molar refractivity (Wildman–Crippen MR) is 179 cm³/mol. The number of carbonyl (C=O) groups excluding carboxylic acids is 3. The van der Waals surface area contributed by atoms with Gasteiger partial charge in [-0.2, -0.15) is 17.5 Å². The molecule has 0 bridgehead atoms. The van der Waals surface area contributed by atoms with E-state index in [0.29, 0.717) is 17.2 Å². The van der Waals surface area contributed by atoms with E-state index in [1.165, 1.54) is 0 Å². The van der Waals surface area contributed by atoms with E-state index >= 15 is 0 Å². The van der Waals surface area contributed by atoms with E-state index in [1.54, 1.807) is 67.6 Å². The van der Waals surface area contributed by atoms with Gasteiger partial charge in [-0.15, -0.1) is 0 Å². The van der Waals surface area contributed by atoms with Crippen LogP contribution in [0.15, 0.2) is 102 Å². The van der Waals surface area contributed by atoms with Crippen LogP contribution in [-0.4, -0.2) is 80.7 Å². The zero-order valence-electron chi connectivity index (χ0n) is 27.8. The maximum Gasteiger partial charge on any atom is 0.412 e. The Labute approximate surface area is 292 Å². The molecule has 0 aromatic heterocycles. The molecular formula is C34H37F3N4O9S. The summed E-state index contributed by atoms with van der Waals surface area (Å²) in [5.41, 5.74) is 0.627. The summed E-state index contributed by atoms with van der Waals surface area (Å²) in [5, 5.41) is 15.3. The lowest BCUT2D eigenvalue weighted by atomic mass is 9.84. The third kappa shape index (κ3) is 10.6. The number of methoxy groups -OCH3 is 2. The number of sulfonamides is 1. The first kappa shape index (κ1) is 40.1. The minimum absolute atomic E-state index is 0.184. The fourth-order valence-corrected chi connectivity index (χ4v) is 6.90. The van der Waals surface area contributed by atoms with Crippen LogP contribution >= 0.6 is 0 Å². The third-order valence-electron chi connectivity index (χ3n) is 7.65. The van der Waals surface area contributed by atoms with E-state index in [2.05, 4.69) is 10.1 Å². The van der Waals surface area contributed by atoms with Gasteiger partial charge in [-0.25, -0.2) is 13.2 Å². The lowest BCUT2D eigenvalue weighted by Gasteiger charge is -2.30. The summed E-state index contributed by atoms with van der Waals surface area (Å²) in [6.07, 6.45) is -5.12. The average molecular weight is 735 g/mol. The lowest BCUT2D eigenvalue weighted by molar-refractivity contribution is -0.384. The number of ether oxygens (including phenoxy) is 2. The summed E-state index contributed by atoms with van der Waals surface area (Å²) in [4.78, 5) is 48.9. The number of nitrogens with one attached hydrogen (secondary N) is 2. The molecule has 0 heterocycles. The monoisotopic (exact) mass is 734 g/mol. The lowest BCUT2D eigenvalue weighted by Crippen LogP contribution is -2.55. The van der Waals surface area contributed by atoms with E-state index in [0.717, 1.165) is 48.9 Å². The van der Waals surface area contributed by atoms with E-state index < -0.39 is 74.5 Å². The van der Waals surface area contributed by atoms with Crippen molar-refractivity contribution < 1.29 is 50.4 Å². The fourth-order valence-electron chi connectivity index (χ4n) is 5.22. The Morgan fingerprint density at radius 3 is 1.90 bits per heavy atom. The Morgan fingerprint density at radius 1 is 0.902 bits per heavy atom. The first-order valence-corrected chi connectivity index (χ1v) is 16.9. The number of benzene rings is 3. The molecule has 0 saturated heterocycles. The van der Waals surface area contributed by atoms with Crippen LogP contribution in [0, 0.1) is 10.1 Å². The molecule has 0 aliphatic rings. The number of nitrogens with zero attached hydrogens (tertiary/aromatic N) is 2. The highest BCUT2D eigenvalue weighted by molar-refractivity contribution is 7.89. The SMILES string of the molecule is CCCN([C@@H](C/C=C/[C@@H](NC(=O)[C@@H](NC(=O)OC)C(c1ccccc1)c1ccccc1)C(F)(F)F)C(=O)OC)S(=O)(=O)c1ccc([N+](=O)[O-])cc1. The highest BCUT2D eigenvalue weighted by atomic mass is 32.2. The van der Waals surface area contributed by atoms with E-state index in [-0.39, 0.29) is 18.7 Å². The van der Waals surface area contributed by atoms with Crippen LogP contribution in [0.2, 0.25) is 0 Å². The Kier molecular flexibility index (Phi) is 14.2. The summed E-state index contributed by atoms with van der Waals surface area (Å²) < 4.78 is 80.7. The molecule has 3 aromatic rings. The average Bonchev–Trinajstić information content (AvgIpc) is 3.11. The van der Waals surface area contributed by atoms with Gasteiger partial charge >= 0.3 is 18.2 Å². The standard InChI is InChI=1S/C34H37F3N4O9S/c1-4-22-40(51(47,48)26-20-18-25(19-21-26)41(45)46)27(32(43)49-2)16-11-17-28(34(35,36)37)38-31(42)30(39-33(44)50-3)29(23-12-7-5-8-13-23)24-14-9-6-10-15-24/h5-15,17-21,27-30H,4,16,22H2,1-3H3,(H,38,42)(H,39,44)/b17-11+/t27-,28+,30-/m0/s1. The van der Waals surface area contributed by atoms with Gasteiger partial charge in [0.25, 0.3) is 5.69 Å². The highest BCUT2D eigenvalue weighted by Crippen LogP contribution is 2.30. The molecule has 0 aliphatic heterocycles. The fraction of sp³-hybridized carbons (Fsp3) is 0.324. The molecule has 3 aromatic carbocycles. The predicted octanol–water partition coefficient (Wildman–Crippen LogP) is 5.09. The number of alkyl halides is 3. The largest absolute Gasteiger partial charge is 0.468 e. The van der Waals surface area contributed by atoms with Crippen molar-refractivity contribution in [3.8, 4) is 0 Å². The first-order chi connectivity index (χ1) is 24.1. The van der Waals surface area contributed by atoms with Gasteiger partial charge in [0.2, 0.25) is 15.9 Å². The van der Waals surface area contributed by atoms with Gasteiger partial charge in [0.15, 0.2) is 0 Å². The molecule has 0 fully saturated rings. The molecule has 0 aliphatic carbocycles. The van der Waals surface area contributed by atoms with Gasteiger partial charge < -0.3 is 20.1 Å². The quantitative estimate of drug-likeness (QED) is 0.0880. The van der Waals surface area contributed by atoms with Crippen LogP contribution in [0.3, 0.4) is 0 Å². The molecule has 0 saturated carbocycles. The van der Waals surface area contributed by atoms with Gasteiger partial charge in [-0.3, -0.25) is 19.7 Å². The molecule has 0 radical (unpaired) electrons. The summed E-state index contributed by atoms with van der Waals surface area (Å²) in [6, 6.07) is 14.7. The smallest absolute Gasteiger partial charge is 0.412 e. The zero-order valence-corrected chi connectivity index (χ0v) is 28.6. The van der Waals surface area contributed by atoms with E-state index in [9.17, 15) is 46.1 Å². The van der Waals surface area contributed by atoms with Gasteiger partial charge in [0.05, 0.1) is 24.0 Å². The Balaban J connectivity index is 1.98. The van der Waals surface area contributed by atoms with Crippen LogP contribution < -0.4 is 10.6 Å². The Morgan fingerprint density at radius 2 is 1.45 bits per heavy atom. The number of hydrogen-bond donors (Lipinski definition) is 2. The van der Waals surface area contributed by atoms with Crippen LogP contribution in [0.25, 0.3) is 0 Å². The number of nitro benzene ring substituents is 1. The van der Waals surface area contributed by atoms with E-state index in [1.807, 2.05) is 5.32 Å². The minimum atomic E-state index is -5.08. The van der Waals surface area contributed by atoms with Gasteiger partial charge in [-0.05, 0) is 36.1 Å². The maximum absolute atomic E-state index is 14.4. The summed E-state index contributed by atoms with van der Waals surface area (Å²) in [5.74, 6) is -3.26. The van der Waals surface area contributed by atoms with Crippen LogP contribution in [0.4, 0.5) is 23.7 Å². The number of amides is 2. The number of nitro groups is 1. The van der Waals surface area contributed by atoms with Crippen molar-refractivity contribution in [1.29, 1.82) is 0 Å². The van der Waals surface area contributed by atoms with Crippen molar-refractivity contribution in [3.05, 3.63) is 118 Å². The molecule has 0 spiro atoms. The number of halogens is 3. The topological polar surface area (TPSA) is 174 Å². The van der Waals surface area contributed by atoms with E-state index in [4.69, 9.17) is 4.74 Å². The highest BCUT2D eigenvalue weighted by Gasteiger charge is 2.42. The molecule has 274 valence electrons. The van der Waals surface area contributed by atoms with Crippen LogP contribution in [-0.2, 0) is 29.1 Å². The number of alkyl carbamates (subject to hydrolysis) is 1. The van der Waals surface area contributed by atoms with Gasteiger partial charge in [0.1, 0.15) is 18.1 Å². The molecular weight excluding hydrogens is 697 g/mol. The molecule has 51 heavy (non-hydrogen) atoms. The summed E-state index contributed by atoms with van der Waals surface area (Å²) >= 11 is 0. The third-order valence-corrected chi connectivity index (χ3v) is 9.57. The number of non-ortho nitro benzene ring substituents is 1. The molecule has 3 atom stereocenters. The van der Waals surface area contributed by atoms with Crippen molar-refractivity contribution >= 4 is 33.7 Å². The van der Waals surface area contributed by atoms with Crippen LogP contribution in [0.1, 0.15) is 36.8 Å². The maximum atomic E-state index is 14.4. The van der Waals surface area contributed by atoms with Crippen molar-refractivity contribution in [2.45, 2.75) is 54.9 Å². The summed E-state index contributed by atoms with van der Waals surface area (Å²) in [6.45, 7) is 1.35. The van der Waals surface area contributed by atoms with Crippen molar-refractivity contribution in [3.63, 3.8) is 0 Å². The molecule has 3 rings (SSSR count). The number of esters is 1. The van der Waals surface area contributed by atoms with Crippen molar-refractivity contribution in [2.75, 3.05) is 20.8 Å². The number of hydrogen-bond acceptors (Lipinski definition) is 9. The zero-order chi connectivity index (χ0) is 37.8. The second kappa shape index (κ2) is 18.1. The van der Waals surface area contributed by atoms with Gasteiger partial charge in [-0.1, -0.05) is 79.7 Å². The molecule has 17 heteroatoms. The molecule has 2 N–H and O–H groups in total. The number of carbonyl (C=O) groups is 3. The van der Waals surface area contributed by atoms with Crippen molar-refractivity contribution in [2.24, 2.45) is 0 Å².